The maximum atomic E-state index is 5.87. The molecule has 1 aromatic carbocycles. The fraction of sp³-hybridized carbons (Fsp3) is 0.538. The van der Waals surface area contributed by atoms with Gasteiger partial charge in [0.15, 0.2) is 0 Å². The van der Waals surface area contributed by atoms with E-state index in [2.05, 4.69) is 12.1 Å². The molecule has 0 radical (unpaired) electrons. The third kappa shape index (κ3) is 6.26. The Morgan fingerprint density at radius 2 is 1.87 bits per heavy atom. The van der Waals surface area contributed by atoms with E-state index in [-0.39, 0.29) is 5.54 Å². The van der Waals surface area contributed by atoms with Crippen LogP contribution in [0.5, 0.6) is 0 Å². The summed E-state index contributed by atoms with van der Waals surface area (Å²) in [6.07, 6.45) is 2.03. The van der Waals surface area contributed by atoms with Gasteiger partial charge in [0.2, 0.25) is 0 Å². The smallest absolute Gasteiger partial charge is 0.0716 e. The molecule has 0 heterocycles. The lowest BCUT2D eigenvalue weighted by atomic mass is 10.0. The summed E-state index contributed by atoms with van der Waals surface area (Å²) in [4.78, 5) is 0. The highest BCUT2D eigenvalue weighted by Gasteiger charge is 2.08. The highest BCUT2D eigenvalue weighted by molar-refractivity contribution is 5.13. The SMILES string of the molecule is CC(C)(N)CCCOCc1ccccc1. The van der Waals surface area contributed by atoms with Gasteiger partial charge in [-0.15, -0.1) is 0 Å². The van der Waals surface area contributed by atoms with Gasteiger partial charge in [-0.1, -0.05) is 30.3 Å². The molecule has 0 saturated heterocycles. The van der Waals surface area contributed by atoms with Crippen LogP contribution in [0.3, 0.4) is 0 Å². The highest BCUT2D eigenvalue weighted by atomic mass is 16.5. The molecular formula is C13H21NO. The van der Waals surface area contributed by atoms with Gasteiger partial charge < -0.3 is 10.5 Å². The Kier molecular flexibility index (Phi) is 4.79. The van der Waals surface area contributed by atoms with Crippen LogP contribution in [0.2, 0.25) is 0 Å². The summed E-state index contributed by atoms with van der Waals surface area (Å²) in [6, 6.07) is 10.2. The first-order valence-electron chi connectivity index (χ1n) is 5.48. The molecule has 0 bridgehead atoms. The van der Waals surface area contributed by atoms with Crippen molar-refractivity contribution in [2.75, 3.05) is 6.61 Å². The minimum Gasteiger partial charge on any atom is -0.377 e. The monoisotopic (exact) mass is 207 g/mol. The summed E-state index contributed by atoms with van der Waals surface area (Å²) in [5.74, 6) is 0. The maximum Gasteiger partial charge on any atom is 0.0716 e. The summed E-state index contributed by atoms with van der Waals surface area (Å²) < 4.78 is 5.56. The number of ether oxygens (including phenoxy) is 1. The lowest BCUT2D eigenvalue weighted by Crippen LogP contribution is -2.31. The topological polar surface area (TPSA) is 35.2 Å². The van der Waals surface area contributed by atoms with Crippen LogP contribution in [0, 0.1) is 0 Å². The maximum absolute atomic E-state index is 5.87. The summed E-state index contributed by atoms with van der Waals surface area (Å²) in [5, 5.41) is 0. The lowest BCUT2D eigenvalue weighted by molar-refractivity contribution is 0.113. The first kappa shape index (κ1) is 12.2. The molecule has 0 aromatic heterocycles. The summed E-state index contributed by atoms with van der Waals surface area (Å²) in [6.45, 7) is 5.58. The first-order chi connectivity index (χ1) is 7.08. The van der Waals surface area contributed by atoms with Gasteiger partial charge in [0.05, 0.1) is 6.61 Å². The highest BCUT2D eigenvalue weighted by Crippen LogP contribution is 2.07. The summed E-state index contributed by atoms with van der Waals surface area (Å²) >= 11 is 0. The molecule has 0 unspecified atom stereocenters. The van der Waals surface area contributed by atoms with Crippen LogP contribution in [0.4, 0.5) is 0 Å². The molecule has 0 spiro atoms. The zero-order valence-electron chi connectivity index (χ0n) is 9.70. The molecule has 84 valence electrons. The van der Waals surface area contributed by atoms with Gasteiger partial charge in [-0.3, -0.25) is 0 Å². The van der Waals surface area contributed by atoms with Crippen molar-refractivity contribution < 1.29 is 4.74 Å². The molecule has 0 aliphatic heterocycles. The van der Waals surface area contributed by atoms with Crippen LogP contribution < -0.4 is 5.73 Å². The van der Waals surface area contributed by atoms with Crippen LogP contribution in [-0.4, -0.2) is 12.1 Å². The lowest BCUT2D eigenvalue weighted by Gasteiger charge is -2.17. The van der Waals surface area contributed by atoms with E-state index in [0.717, 1.165) is 19.4 Å². The molecule has 0 atom stereocenters. The largest absolute Gasteiger partial charge is 0.377 e. The van der Waals surface area contributed by atoms with Gasteiger partial charge in [0.1, 0.15) is 0 Å². The second-order valence-corrected chi connectivity index (χ2v) is 4.63. The average Bonchev–Trinajstić information content (AvgIpc) is 2.17. The molecule has 0 saturated carbocycles. The Bertz CT molecular complexity index is 264. The van der Waals surface area contributed by atoms with Crippen molar-refractivity contribution in [1.82, 2.24) is 0 Å². The number of nitrogens with two attached hydrogens (primary N) is 1. The third-order valence-electron chi connectivity index (χ3n) is 2.22. The zero-order chi connectivity index (χ0) is 11.1. The van der Waals surface area contributed by atoms with Crippen LogP contribution in [-0.2, 0) is 11.3 Å². The van der Waals surface area contributed by atoms with Crippen LogP contribution in [0.25, 0.3) is 0 Å². The Morgan fingerprint density at radius 1 is 1.20 bits per heavy atom. The molecule has 0 fully saturated rings. The second kappa shape index (κ2) is 5.89. The van der Waals surface area contributed by atoms with E-state index in [0.29, 0.717) is 6.61 Å². The van der Waals surface area contributed by atoms with Crippen molar-refractivity contribution in [1.29, 1.82) is 0 Å². The van der Waals surface area contributed by atoms with Gasteiger partial charge >= 0.3 is 0 Å². The second-order valence-electron chi connectivity index (χ2n) is 4.63. The molecule has 1 rings (SSSR count). The van der Waals surface area contributed by atoms with Crippen molar-refractivity contribution in [2.45, 2.75) is 38.8 Å². The number of hydrogen-bond donors (Lipinski definition) is 1. The normalized spacial score (nSPS) is 11.7. The predicted octanol–water partition coefficient (Wildman–Crippen LogP) is 2.72. The molecule has 0 aliphatic carbocycles. The van der Waals surface area contributed by atoms with Crippen molar-refractivity contribution in [2.24, 2.45) is 5.73 Å². The molecule has 15 heavy (non-hydrogen) atoms. The molecule has 2 N–H and O–H groups in total. The van der Waals surface area contributed by atoms with Gasteiger partial charge in [-0.05, 0) is 32.3 Å². The van der Waals surface area contributed by atoms with E-state index in [4.69, 9.17) is 10.5 Å². The van der Waals surface area contributed by atoms with E-state index in [1.165, 1.54) is 5.56 Å². The van der Waals surface area contributed by atoms with Crippen molar-refractivity contribution >= 4 is 0 Å². The predicted molar refractivity (Wildman–Crippen MR) is 63.6 cm³/mol. The van der Waals surface area contributed by atoms with Crippen molar-refractivity contribution in [3.63, 3.8) is 0 Å². The number of hydrogen-bond acceptors (Lipinski definition) is 2. The van der Waals surface area contributed by atoms with Crippen LogP contribution in [0.15, 0.2) is 30.3 Å². The summed E-state index contributed by atoms with van der Waals surface area (Å²) in [7, 11) is 0. The molecule has 2 heteroatoms. The van der Waals surface area contributed by atoms with E-state index in [1.54, 1.807) is 0 Å². The van der Waals surface area contributed by atoms with Crippen molar-refractivity contribution in [3.8, 4) is 0 Å². The number of rotatable bonds is 6. The van der Waals surface area contributed by atoms with Gasteiger partial charge in [-0.2, -0.15) is 0 Å². The Hall–Kier alpha value is -0.860. The quantitative estimate of drug-likeness (QED) is 0.728. The van der Waals surface area contributed by atoms with E-state index in [1.807, 2.05) is 32.0 Å². The standard InChI is InChI=1S/C13H21NO/c1-13(2,14)9-6-10-15-11-12-7-4-3-5-8-12/h3-5,7-8H,6,9-11,14H2,1-2H3. The van der Waals surface area contributed by atoms with E-state index in [9.17, 15) is 0 Å². The fourth-order valence-corrected chi connectivity index (χ4v) is 1.39. The Balaban J connectivity index is 2.08. The Labute approximate surface area is 92.4 Å². The molecule has 1 aromatic rings. The first-order valence-corrected chi connectivity index (χ1v) is 5.48. The minimum atomic E-state index is -0.0733. The Morgan fingerprint density at radius 3 is 2.47 bits per heavy atom. The third-order valence-corrected chi connectivity index (χ3v) is 2.22. The molecular weight excluding hydrogens is 186 g/mol. The fourth-order valence-electron chi connectivity index (χ4n) is 1.39. The summed E-state index contributed by atoms with van der Waals surface area (Å²) in [5.41, 5.74) is 7.03. The molecule has 2 nitrogen and oxygen atoms in total. The van der Waals surface area contributed by atoms with Gasteiger partial charge in [0, 0.05) is 12.1 Å². The van der Waals surface area contributed by atoms with Gasteiger partial charge in [-0.25, -0.2) is 0 Å². The zero-order valence-corrected chi connectivity index (χ0v) is 9.70. The molecule has 0 amide bonds. The number of benzene rings is 1. The molecule has 0 aliphatic rings. The average molecular weight is 207 g/mol. The van der Waals surface area contributed by atoms with Crippen LogP contribution >= 0.6 is 0 Å². The minimum absolute atomic E-state index is 0.0733. The van der Waals surface area contributed by atoms with Gasteiger partial charge in [0.25, 0.3) is 0 Å². The van der Waals surface area contributed by atoms with E-state index >= 15 is 0 Å². The van der Waals surface area contributed by atoms with Crippen molar-refractivity contribution in [3.05, 3.63) is 35.9 Å². The van der Waals surface area contributed by atoms with E-state index < -0.39 is 0 Å². The van der Waals surface area contributed by atoms with Crippen LogP contribution in [0.1, 0.15) is 32.3 Å².